The van der Waals surface area contributed by atoms with Crippen molar-refractivity contribution in [3.05, 3.63) is 29.8 Å². The Bertz CT molecular complexity index is 524. The lowest BCUT2D eigenvalue weighted by atomic mass is 9.89. The molecule has 0 aliphatic heterocycles. The molecular weight excluding hydrogens is 275 g/mol. The molecule has 0 heterocycles. The molecule has 0 aliphatic carbocycles. The summed E-state index contributed by atoms with van der Waals surface area (Å²) in [7, 11) is 0. The Morgan fingerprint density at radius 1 is 1.20 bits per heavy atom. The maximum absolute atomic E-state index is 12.7. The van der Waals surface area contributed by atoms with Crippen LogP contribution in [0.4, 0.5) is 18.9 Å². The van der Waals surface area contributed by atoms with Crippen molar-refractivity contribution in [3.8, 4) is 0 Å². The fourth-order valence-corrected chi connectivity index (χ4v) is 1.51. The third kappa shape index (κ3) is 3.97. The second kappa shape index (κ2) is 5.52. The molecule has 1 aromatic rings. The smallest absolute Gasteiger partial charge is 0.418 e. The van der Waals surface area contributed by atoms with Gasteiger partial charge in [0.2, 0.25) is 5.91 Å². The van der Waals surface area contributed by atoms with Crippen LogP contribution in [0.1, 0.15) is 25.8 Å². The normalized spacial score (nSPS) is 12.1. The molecule has 0 fully saturated rings. The summed E-state index contributed by atoms with van der Waals surface area (Å²) in [5.41, 5.74) is -2.70. The number of carbonyl (C=O) groups excluding carboxylic acids is 1. The van der Waals surface area contributed by atoms with Crippen molar-refractivity contribution < 1.29 is 27.9 Å². The van der Waals surface area contributed by atoms with Gasteiger partial charge < -0.3 is 10.4 Å². The molecule has 1 rings (SSSR count). The van der Waals surface area contributed by atoms with Crippen LogP contribution in [0.3, 0.4) is 0 Å². The first kappa shape index (κ1) is 16.0. The number of carboxylic acid groups (broad SMARTS) is 1. The Hall–Kier alpha value is -2.05. The van der Waals surface area contributed by atoms with Crippen molar-refractivity contribution in [2.45, 2.75) is 26.4 Å². The highest BCUT2D eigenvalue weighted by Crippen LogP contribution is 2.34. The Kier molecular flexibility index (Phi) is 4.42. The van der Waals surface area contributed by atoms with Crippen LogP contribution in [-0.2, 0) is 15.8 Å². The van der Waals surface area contributed by atoms with Gasteiger partial charge in [0.05, 0.1) is 16.7 Å². The summed E-state index contributed by atoms with van der Waals surface area (Å²) in [5.74, 6) is -1.98. The van der Waals surface area contributed by atoms with E-state index in [0.717, 1.165) is 12.1 Å². The highest BCUT2D eigenvalue weighted by atomic mass is 19.4. The van der Waals surface area contributed by atoms with E-state index in [1.165, 1.54) is 26.0 Å². The molecule has 0 atom stereocenters. The quantitative estimate of drug-likeness (QED) is 0.894. The molecular formula is C13H14F3NO3. The van der Waals surface area contributed by atoms with E-state index in [-0.39, 0.29) is 5.69 Å². The van der Waals surface area contributed by atoms with Gasteiger partial charge in [0.25, 0.3) is 0 Å². The predicted octanol–water partition coefficient (Wildman–Crippen LogP) is 3.14. The van der Waals surface area contributed by atoms with Gasteiger partial charge in [0.1, 0.15) is 0 Å². The molecule has 0 aromatic heterocycles. The highest BCUT2D eigenvalue weighted by Gasteiger charge is 2.35. The largest absolute Gasteiger partial charge is 0.481 e. The minimum absolute atomic E-state index is 0.383. The second-order valence-corrected chi connectivity index (χ2v) is 4.96. The Morgan fingerprint density at radius 3 is 2.25 bits per heavy atom. The Balaban J connectivity index is 2.90. The fourth-order valence-electron chi connectivity index (χ4n) is 1.51. The Morgan fingerprint density at radius 2 is 1.75 bits per heavy atom. The van der Waals surface area contributed by atoms with Crippen molar-refractivity contribution in [1.82, 2.24) is 0 Å². The van der Waals surface area contributed by atoms with Crippen molar-refractivity contribution >= 4 is 17.6 Å². The number of nitrogens with one attached hydrogen (secondary N) is 1. The molecule has 2 N–H and O–H groups in total. The molecule has 0 saturated carbocycles. The standard InChI is InChI=1S/C13H14F3NO3/c1-12(2,11(19)20)7-10(18)17-9-6-4-3-5-8(9)13(14,15)16/h3-6H,7H2,1-2H3,(H,17,18)(H,19,20). The van der Waals surface area contributed by atoms with Crippen molar-refractivity contribution in [1.29, 1.82) is 0 Å². The zero-order valence-electron chi connectivity index (χ0n) is 10.9. The zero-order chi connectivity index (χ0) is 15.6. The lowest BCUT2D eigenvalue weighted by Gasteiger charge is -2.19. The number of hydrogen-bond acceptors (Lipinski definition) is 2. The van der Waals surface area contributed by atoms with Gasteiger partial charge in [-0.25, -0.2) is 0 Å². The van der Waals surface area contributed by atoms with Gasteiger partial charge in [-0.15, -0.1) is 0 Å². The molecule has 4 nitrogen and oxygen atoms in total. The van der Waals surface area contributed by atoms with Crippen molar-refractivity contribution in [3.63, 3.8) is 0 Å². The van der Waals surface area contributed by atoms with Crippen LogP contribution >= 0.6 is 0 Å². The summed E-state index contributed by atoms with van der Waals surface area (Å²) in [4.78, 5) is 22.5. The first-order valence-corrected chi connectivity index (χ1v) is 5.73. The average Bonchev–Trinajstić information content (AvgIpc) is 2.26. The minimum atomic E-state index is -4.59. The minimum Gasteiger partial charge on any atom is -0.481 e. The van der Waals surface area contributed by atoms with E-state index in [0.29, 0.717) is 0 Å². The number of benzene rings is 1. The summed E-state index contributed by atoms with van der Waals surface area (Å²) in [5, 5.41) is 11.0. The van der Waals surface area contributed by atoms with Gasteiger partial charge in [0, 0.05) is 6.42 Å². The number of carbonyl (C=O) groups is 2. The number of aliphatic carboxylic acids is 1. The van der Waals surface area contributed by atoms with Crippen LogP contribution in [0.15, 0.2) is 24.3 Å². The van der Waals surface area contributed by atoms with Gasteiger partial charge >= 0.3 is 12.1 Å². The number of carboxylic acids is 1. The number of para-hydroxylation sites is 1. The average molecular weight is 289 g/mol. The maximum Gasteiger partial charge on any atom is 0.418 e. The first-order chi connectivity index (χ1) is 9.04. The molecule has 20 heavy (non-hydrogen) atoms. The third-order valence-corrected chi connectivity index (χ3v) is 2.69. The van der Waals surface area contributed by atoms with Gasteiger partial charge in [0.15, 0.2) is 0 Å². The van der Waals surface area contributed by atoms with E-state index in [9.17, 15) is 22.8 Å². The van der Waals surface area contributed by atoms with E-state index < -0.39 is 35.5 Å². The van der Waals surface area contributed by atoms with E-state index in [2.05, 4.69) is 5.32 Å². The van der Waals surface area contributed by atoms with Crippen LogP contribution in [-0.4, -0.2) is 17.0 Å². The molecule has 0 spiro atoms. The van der Waals surface area contributed by atoms with Crippen molar-refractivity contribution in [2.24, 2.45) is 5.41 Å². The maximum atomic E-state index is 12.7. The molecule has 110 valence electrons. The SMILES string of the molecule is CC(C)(CC(=O)Nc1ccccc1C(F)(F)F)C(=O)O. The Labute approximate surface area is 113 Å². The van der Waals surface area contributed by atoms with Crippen LogP contribution in [0, 0.1) is 5.41 Å². The van der Waals surface area contributed by atoms with E-state index in [1.54, 1.807) is 0 Å². The van der Waals surface area contributed by atoms with Gasteiger partial charge in [-0.3, -0.25) is 9.59 Å². The van der Waals surface area contributed by atoms with Gasteiger partial charge in [-0.05, 0) is 26.0 Å². The molecule has 0 saturated heterocycles. The molecule has 1 aromatic carbocycles. The highest BCUT2D eigenvalue weighted by molar-refractivity contribution is 5.94. The topological polar surface area (TPSA) is 66.4 Å². The van der Waals surface area contributed by atoms with Crippen molar-refractivity contribution in [2.75, 3.05) is 5.32 Å². The van der Waals surface area contributed by atoms with E-state index >= 15 is 0 Å². The van der Waals surface area contributed by atoms with Gasteiger partial charge in [-0.2, -0.15) is 13.2 Å². The van der Waals surface area contributed by atoms with Gasteiger partial charge in [-0.1, -0.05) is 12.1 Å². The summed E-state index contributed by atoms with van der Waals surface area (Å²) >= 11 is 0. The number of halogens is 3. The molecule has 7 heteroatoms. The lowest BCUT2D eigenvalue weighted by Crippen LogP contribution is -2.30. The van der Waals surface area contributed by atoms with Crippen LogP contribution in [0.25, 0.3) is 0 Å². The monoisotopic (exact) mass is 289 g/mol. The molecule has 0 aliphatic rings. The number of hydrogen-bond donors (Lipinski definition) is 2. The number of anilines is 1. The van der Waals surface area contributed by atoms with E-state index in [1.807, 2.05) is 0 Å². The summed E-state index contributed by atoms with van der Waals surface area (Å²) in [6, 6.07) is 4.53. The number of amides is 1. The van der Waals surface area contributed by atoms with Crippen LogP contribution in [0.2, 0.25) is 0 Å². The zero-order valence-corrected chi connectivity index (χ0v) is 10.9. The first-order valence-electron chi connectivity index (χ1n) is 5.73. The number of rotatable bonds is 4. The molecule has 0 bridgehead atoms. The summed E-state index contributed by atoms with van der Waals surface area (Å²) < 4.78 is 38.2. The third-order valence-electron chi connectivity index (χ3n) is 2.69. The number of alkyl halides is 3. The summed E-state index contributed by atoms with van der Waals surface area (Å²) in [6.45, 7) is 2.65. The second-order valence-electron chi connectivity index (χ2n) is 4.96. The molecule has 0 radical (unpaired) electrons. The van der Waals surface area contributed by atoms with Crippen LogP contribution in [0.5, 0.6) is 0 Å². The fraction of sp³-hybridized carbons (Fsp3) is 0.385. The molecule has 0 unspecified atom stereocenters. The summed E-state index contributed by atoms with van der Waals surface area (Å²) in [6.07, 6.45) is -5.01. The van der Waals surface area contributed by atoms with Crippen LogP contribution < -0.4 is 5.32 Å². The predicted molar refractivity (Wildman–Crippen MR) is 66.1 cm³/mol. The van der Waals surface area contributed by atoms with E-state index in [4.69, 9.17) is 5.11 Å². The molecule has 1 amide bonds. The lowest BCUT2D eigenvalue weighted by molar-refractivity contribution is -0.149.